The molecule has 0 spiro atoms. The lowest BCUT2D eigenvalue weighted by Gasteiger charge is -2.16. The molecule has 74 valence electrons. The fraction of sp³-hybridized carbons (Fsp3) is 0.400. The molecule has 0 saturated heterocycles. The molecular weight excluding hydrogens is 196 g/mol. The van der Waals surface area contributed by atoms with E-state index in [-0.39, 0.29) is 5.91 Å². The van der Waals surface area contributed by atoms with Crippen LogP contribution in [0.5, 0.6) is 0 Å². The Morgan fingerprint density at radius 1 is 1.57 bits per heavy atom. The van der Waals surface area contributed by atoms with Gasteiger partial charge in [-0.05, 0) is 32.9 Å². The topological polar surface area (TPSA) is 52.9 Å². The number of aryl methyl sites for hydroxylation is 1. The van der Waals surface area contributed by atoms with E-state index in [0.717, 1.165) is 4.88 Å². The van der Waals surface area contributed by atoms with Crippen molar-refractivity contribution in [1.82, 2.24) is 5.32 Å². The Kier molecular flexibility index (Phi) is 2.92. The molecule has 0 saturated carbocycles. The summed E-state index contributed by atoms with van der Waals surface area (Å²) in [4.78, 5) is 13.3. The molecular formula is C10H12N2OS. The van der Waals surface area contributed by atoms with E-state index in [1.807, 2.05) is 19.1 Å². The average Bonchev–Trinajstić information content (AvgIpc) is 2.51. The Bertz CT molecular complexity index is 387. The fourth-order valence-electron chi connectivity index (χ4n) is 0.930. The molecule has 14 heavy (non-hydrogen) atoms. The molecule has 1 N–H and O–H groups in total. The summed E-state index contributed by atoms with van der Waals surface area (Å²) in [6.07, 6.45) is 0. The zero-order chi connectivity index (χ0) is 10.8. The van der Waals surface area contributed by atoms with Crippen LogP contribution >= 0.6 is 11.3 Å². The van der Waals surface area contributed by atoms with Crippen molar-refractivity contribution in [3.05, 3.63) is 21.9 Å². The molecule has 0 atom stereocenters. The molecule has 0 bridgehead atoms. The van der Waals surface area contributed by atoms with Crippen LogP contribution in [-0.4, -0.2) is 11.4 Å². The number of nitrogens with zero attached hydrogens (tertiary/aromatic N) is 1. The van der Waals surface area contributed by atoms with Gasteiger partial charge >= 0.3 is 0 Å². The average molecular weight is 208 g/mol. The van der Waals surface area contributed by atoms with E-state index in [1.165, 1.54) is 11.3 Å². The van der Waals surface area contributed by atoms with Gasteiger partial charge in [0, 0.05) is 4.88 Å². The van der Waals surface area contributed by atoms with Crippen LogP contribution in [0.1, 0.15) is 28.4 Å². The summed E-state index contributed by atoms with van der Waals surface area (Å²) in [5, 5.41) is 11.4. The van der Waals surface area contributed by atoms with Crippen LogP contribution in [0.4, 0.5) is 0 Å². The van der Waals surface area contributed by atoms with Gasteiger partial charge in [0.1, 0.15) is 5.54 Å². The minimum absolute atomic E-state index is 0.186. The second-order valence-corrected chi connectivity index (χ2v) is 4.89. The van der Waals surface area contributed by atoms with E-state index in [4.69, 9.17) is 5.26 Å². The predicted molar refractivity (Wildman–Crippen MR) is 56.2 cm³/mol. The monoisotopic (exact) mass is 208 g/mol. The molecule has 1 heterocycles. The minimum atomic E-state index is -0.811. The van der Waals surface area contributed by atoms with Gasteiger partial charge in [-0.1, -0.05) is 0 Å². The zero-order valence-electron chi connectivity index (χ0n) is 8.42. The Balaban J connectivity index is 2.74. The summed E-state index contributed by atoms with van der Waals surface area (Å²) >= 11 is 1.43. The Labute approximate surface area is 87.4 Å². The molecule has 1 amide bonds. The maximum absolute atomic E-state index is 11.6. The van der Waals surface area contributed by atoms with Gasteiger partial charge < -0.3 is 5.32 Å². The maximum atomic E-state index is 11.6. The van der Waals surface area contributed by atoms with Gasteiger partial charge in [0.2, 0.25) is 0 Å². The number of carbonyl (C=O) groups excluding carboxylic acids is 1. The first-order valence-electron chi connectivity index (χ1n) is 4.25. The Hall–Kier alpha value is -1.34. The molecule has 0 aromatic carbocycles. The first kappa shape index (κ1) is 10.7. The van der Waals surface area contributed by atoms with Gasteiger partial charge in [-0.2, -0.15) is 5.26 Å². The van der Waals surface area contributed by atoms with E-state index in [2.05, 4.69) is 5.32 Å². The molecule has 0 fully saturated rings. The van der Waals surface area contributed by atoms with Crippen LogP contribution in [-0.2, 0) is 0 Å². The standard InChI is InChI=1S/C10H12N2OS/c1-7-4-5-8(14-7)9(13)12-10(2,3)6-11/h4-5H,1-3H3,(H,12,13). The van der Waals surface area contributed by atoms with E-state index < -0.39 is 5.54 Å². The molecule has 3 nitrogen and oxygen atoms in total. The van der Waals surface area contributed by atoms with Crippen molar-refractivity contribution in [1.29, 1.82) is 5.26 Å². The molecule has 4 heteroatoms. The SMILES string of the molecule is Cc1ccc(C(=O)NC(C)(C)C#N)s1. The van der Waals surface area contributed by atoms with Gasteiger partial charge in [-0.15, -0.1) is 11.3 Å². The third-order valence-electron chi connectivity index (χ3n) is 1.67. The number of thiophene rings is 1. The lowest BCUT2D eigenvalue weighted by Crippen LogP contribution is -2.41. The Morgan fingerprint density at radius 3 is 2.64 bits per heavy atom. The first-order valence-corrected chi connectivity index (χ1v) is 5.06. The lowest BCUT2D eigenvalue weighted by molar-refractivity contribution is 0.0933. The quantitative estimate of drug-likeness (QED) is 0.809. The van der Waals surface area contributed by atoms with Crippen molar-refractivity contribution >= 4 is 17.2 Å². The molecule has 0 radical (unpaired) electrons. The number of rotatable bonds is 2. The van der Waals surface area contributed by atoms with Crippen LogP contribution in [0.25, 0.3) is 0 Å². The van der Waals surface area contributed by atoms with Crippen LogP contribution in [0.3, 0.4) is 0 Å². The van der Waals surface area contributed by atoms with Crippen molar-refractivity contribution < 1.29 is 4.79 Å². The lowest BCUT2D eigenvalue weighted by atomic mass is 10.1. The van der Waals surface area contributed by atoms with Crippen molar-refractivity contribution in [2.75, 3.05) is 0 Å². The maximum Gasteiger partial charge on any atom is 0.262 e. The number of nitrogens with one attached hydrogen (secondary N) is 1. The smallest absolute Gasteiger partial charge is 0.262 e. The van der Waals surface area contributed by atoms with Crippen LogP contribution < -0.4 is 5.32 Å². The molecule has 1 rings (SSSR count). The largest absolute Gasteiger partial charge is 0.334 e. The normalized spacial score (nSPS) is 10.7. The molecule has 1 aromatic rings. The zero-order valence-corrected chi connectivity index (χ0v) is 9.23. The molecule has 0 aliphatic heterocycles. The summed E-state index contributed by atoms with van der Waals surface area (Å²) in [7, 11) is 0. The van der Waals surface area contributed by atoms with Gasteiger partial charge in [0.05, 0.1) is 10.9 Å². The van der Waals surface area contributed by atoms with Crippen molar-refractivity contribution in [3.63, 3.8) is 0 Å². The van der Waals surface area contributed by atoms with Gasteiger partial charge in [0.25, 0.3) is 5.91 Å². The van der Waals surface area contributed by atoms with E-state index in [0.29, 0.717) is 4.88 Å². The highest BCUT2D eigenvalue weighted by molar-refractivity contribution is 7.13. The van der Waals surface area contributed by atoms with Crippen LogP contribution in [0.15, 0.2) is 12.1 Å². The van der Waals surface area contributed by atoms with E-state index >= 15 is 0 Å². The van der Waals surface area contributed by atoms with Gasteiger partial charge in [0.15, 0.2) is 0 Å². The number of hydrogen-bond donors (Lipinski definition) is 1. The summed E-state index contributed by atoms with van der Waals surface area (Å²) < 4.78 is 0. The summed E-state index contributed by atoms with van der Waals surface area (Å²) in [5.41, 5.74) is -0.811. The third kappa shape index (κ3) is 2.57. The fourth-order valence-corrected chi connectivity index (χ4v) is 1.69. The van der Waals surface area contributed by atoms with Crippen LogP contribution in [0.2, 0.25) is 0 Å². The molecule has 1 aromatic heterocycles. The number of amides is 1. The molecule has 0 aliphatic rings. The number of hydrogen-bond acceptors (Lipinski definition) is 3. The van der Waals surface area contributed by atoms with E-state index in [1.54, 1.807) is 19.9 Å². The Morgan fingerprint density at radius 2 is 2.21 bits per heavy atom. The van der Waals surface area contributed by atoms with Crippen molar-refractivity contribution in [2.24, 2.45) is 0 Å². The summed E-state index contributed by atoms with van der Waals surface area (Å²) in [6, 6.07) is 5.68. The summed E-state index contributed by atoms with van der Waals surface area (Å²) in [5.74, 6) is -0.186. The third-order valence-corrected chi connectivity index (χ3v) is 2.67. The number of carbonyl (C=O) groups is 1. The highest BCUT2D eigenvalue weighted by Gasteiger charge is 2.20. The van der Waals surface area contributed by atoms with Crippen molar-refractivity contribution in [2.45, 2.75) is 26.3 Å². The van der Waals surface area contributed by atoms with Crippen molar-refractivity contribution in [3.8, 4) is 6.07 Å². The predicted octanol–water partition coefficient (Wildman–Crippen LogP) is 2.09. The minimum Gasteiger partial charge on any atom is -0.334 e. The van der Waals surface area contributed by atoms with Gasteiger partial charge in [-0.3, -0.25) is 4.79 Å². The second kappa shape index (κ2) is 3.81. The summed E-state index contributed by atoms with van der Waals surface area (Å²) in [6.45, 7) is 5.29. The molecule has 0 aliphatic carbocycles. The first-order chi connectivity index (χ1) is 6.44. The highest BCUT2D eigenvalue weighted by atomic mass is 32.1. The van der Waals surface area contributed by atoms with Crippen LogP contribution in [0, 0.1) is 18.3 Å². The van der Waals surface area contributed by atoms with E-state index in [9.17, 15) is 4.79 Å². The molecule has 0 unspecified atom stereocenters. The second-order valence-electron chi connectivity index (χ2n) is 3.60. The highest BCUT2D eigenvalue weighted by Crippen LogP contribution is 2.15. The van der Waals surface area contributed by atoms with Gasteiger partial charge in [-0.25, -0.2) is 0 Å². The number of nitriles is 1.